The van der Waals surface area contributed by atoms with Gasteiger partial charge in [0, 0.05) is 18.0 Å². The molecule has 1 unspecified atom stereocenters. The average molecular weight is 464 g/mol. The molecule has 1 aromatic heterocycles. The van der Waals surface area contributed by atoms with Crippen LogP contribution in [0, 0.1) is 0 Å². The van der Waals surface area contributed by atoms with Crippen LogP contribution in [-0.2, 0) is 14.8 Å². The Morgan fingerprint density at radius 1 is 1.23 bits per heavy atom. The van der Waals surface area contributed by atoms with Crippen molar-refractivity contribution in [2.45, 2.75) is 36.7 Å². The first-order valence-electron chi connectivity index (χ1n) is 9.78. The number of benzene rings is 2. The summed E-state index contributed by atoms with van der Waals surface area (Å²) < 4.78 is 27.0. The summed E-state index contributed by atoms with van der Waals surface area (Å²) in [4.78, 5) is 20.4. The number of nitrogens with one attached hydrogen (secondary N) is 1. The van der Waals surface area contributed by atoms with E-state index < -0.39 is 16.1 Å². The van der Waals surface area contributed by atoms with E-state index in [1.165, 1.54) is 28.2 Å². The van der Waals surface area contributed by atoms with Crippen molar-refractivity contribution in [3.63, 3.8) is 0 Å². The summed E-state index contributed by atoms with van der Waals surface area (Å²) >= 11 is 1.52. The molecule has 0 spiro atoms. The molecule has 0 radical (unpaired) electrons. The van der Waals surface area contributed by atoms with E-state index in [1.54, 1.807) is 26.8 Å². The number of sulfonamides is 1. The van der Waals surface area contributed by atoms with E-state index in [0.717, 1.165) is 9.74 Å². The van der Waals surface area contributed by atoms with Gasteiger partial charge in [-0.25, -0.2) is 8.42 Å². The number of hydrogen-bond acceptors (Lipinski definition) is 7. The second-order valence-corrected chi connectivity index (χ2v) is 9.43. The normalized spacial score (nSPS) is 12.8. The van der Waals surface area contributed by atoms with Crippen molar-refractivity contribution in [1.82, 2.24) is 19.5 Å². The largest absolute Gasteiger partial charge is 0.382 e. The van der Waals surface area contributed by atoms with Crippen molar-refractivity contribution in [3.05, 3.63) is 42.5 Å². The van der Waals surface area contributed by atoms with E-state index in [0.29, 0.717) is 29.8 Å². The standard InChI is InChI=1S/C20H25N5O4S2/c1-5-24(6-2)31(27,28)15-11-12-16-18(13-15)25(23-22-16)29-14(3)20(26)21-17-9-7-8-10-19(17)30-4/h7-14H,5-6H2,1-4H3,(H,21,26). The van der Waals surface area contributed by atoms with Gasteiger partial charge >= 0.3 is 0 Å². The molecular weight excluding hydrogens is 438 g/mol. The molecular formula is C20H25N5O4S2. The fourth-order valence-electron chi connectivity index (χ4n) is 3.01. The van der Waals surface area contributed by atoms with Crippen LogP contribution in [-0.4, -0.2) is 59.2 Å². The van der Waals surface area contributed by atoms with E-state index in [1.807, 2.05) is 30.5 Å². The molecule has 1 amide bonds. The Hall–Kier alpha value is -2.63. The lowest BCUT2D eigenvalue weighted by molar-refractivity contribution is -0.127. The Labute approximate surface area is 185 Å². The SMILES string of the molecule is CCN(CC)S(=O)(=O)c1ccc2nnn(OC(C)C(=O)Nc3ccccc3SC)c2c1. The number of rotatable bonds is 9. The number of aromatic nitrogens is 3. The van der Waals surface area contributed by atoms with Gasteiger partial charge in [-0.1, -0.05) is 30.8 Å². The van der Waals surface area contributed by atoms with E-state index >= 15 is 0 Å². The van der Waals surface area contributed by atoms with E-state index in [9.17, 15) is 13.2 Å². The third-order valence-electron chi connectivity index (χ3n) is 4.72. The average Bonchev–Trinajstić information content (AvgIpc) is 3.16. The Bertz CT molecular complexity index is 1180. The van der Waals surface area contributed by atoms with Crippen LogP contribution >= 0.6 is 11.8 Å². The fourth-order valence-corrected chi connectivity index (χ4v) is 5.04. The molecule has 0 fully saturated rings. The molecule has 2 aromatic carbocycles. The van der Waals surface area contributed by atoms with Gasteiger partial charge < -0.3 is 10.2 Å². The Balaban J connectivity index is 1.84. The molecule has 11 heteroatoms. The first-order chi connectivity index (χ1) is 14.8. The molecule has 1 atom stereocenters. The first kappa shape index (κ1) is 23.0. The van der Waals surface area contributed by atoms with Crippen LogP contribution in [0.3, 0.4) is 0 Å². The quantitative estimate of drug-likeness (QED) is 0.486. The predicted octanol–water partition coefficient (Wildman–Crippen LogP) is 2.64. The number of carbonyl (C=O) groups excluding carboxylic acids is 1. The third kappa shape index (κ3) is 4.83. The summed E-state index contributed by atoms with van der Waals surface area (Å²) in [6, 6.07) is 12.0. The summed E-state index contributed by atoms with van der Waals surface area (Å²) in [5, 5.41) is 10.8. The number of hydrogen-bond donors (Lipinski definition) is 1. The molecule has 3 rings (SSSR count). The summed E-state index contributed by atoms with van der Waals surface area (Å²) in [5.41, 5.74) is 1.50. The van der Waals surface area contributed by atoms with Gasteiger partial charge in [0.2, 0.25) is 16.1 Å². The number of para-hydroxylation sites is 1. The van der Waals surface area contributed by atoms with Crippen LogP contribution in [0.1, 0.15) is 20.8 Å². The van der Waals surface area contributed by atoms with Gasteiger partial charge in [0.05, 0.1) is 10.6 Å². The van der Waals surface area contributed by atoms with Crippen LogP contribution in [0.5, 0.6) is 0 Å². The molecule has 0 aliphatic carbocycles. The van der Waals surface area contributed by atoms with Crippen molar-refractivity contribution >= 4 is 44.4 Å². The van der Waals surface area contributed by atoms with Crippen LogP contribution in [0.15, 0.2) is 52.3 Å². The molecule has 0 bridgehead atoms. The Morgan fingerprint density at radius 2 is 1.94 bits per heavy atom. The molecule has 0 saturated heterocycles. The van der Waals surface area contributed by atoms with Crippen LogP contribution in [0.4, 0.5) is 5.69 Å². The van der Waals surface area contributed by atoms with Gasteiger partial charge in [-0.3, -0.25) is 4.79 Å². The van der Waals surface area contributed by atoms with Crippen molar-refractivity contribution < 1.29 is 18.0 Å². The maximum absolute atomic E-state index is 12.8. The maximum Gasteiger partial charge on any atom is 0.268 e. The number of fused-ring (bicyclic) bond motifs is 1. The highest BCUT2D eigenvalue weighted by molar-refractivity contribution is 7.98. The van der Waals surface area contributed by atoms with E-state index in [4.69, 9.17) is 4.84 Å². The summed E-state index contributed by atoms with van der Waals surface area (Å²) in [6.07, 6.45) is 1.03. The maximum atomic E-state index is 12.8. The lowest BCUT2D eigenvalue weighted by Crippen LogP contribution is -2.35. The van der Waals surface area contributed by atoms with E-state index in [-0.39, 0.29) is 10.8 Å². The topological polar surface area (TPSA) is 106 Å². The zero-order chi connectivity index (χ0) is 22.6. The number of amides is 1. The molecule has 0 aliphatic heterocycles. The number of anilines is 1. The monoisotopic (exact) mass is 463 g/mol. The number of carbonyl (C=O) groups is 1. The van der Waals surface area contributed by atoms with Gasteiger partial charge in [-0.15, -0.1) is 16.9 Å². The minimum absolute atomic E-state index is 0.113. The van der Waals surface area contributed by atoms with Crippen molar-refractivity contribution in [2.75, 3.05) is 24.7 Å². The van der Waals surface area contributed by atoms with Gasteiger partial charge in [0.1, 0.15) is 11.0 Å². The van der Waals surface area contributed by atoms with Crippen molar-refractivity contribution in [2.24, 2.45) is 0 Å². The van der Waals surface area contributed by atoms with Crippen LogP contribution in [0.2, 0.25) is 0 Å². The Morgan fingerprint density at radius 3 is 2.61 bits per heavy atom. The molecule has 1 N–H and O–H groups in total. The molecule has 31 heavy (non-hydrogen) atoms. The zero-order valence-electron chi connectivity index (χ0n) is 17.8. The smallest absolute Gasteiger partial charge is 0.268 e. The van der Waals surface area contributed by atoms with E-state index in [2.05, 4.69) is 15.6 Å². The van der Waals surface area contributed by atoms with Crippen molar-refractivity contribution in [1.29, 1.82) is 0 Å². The van der Waals surface area contributed by atoms with Crippen molar-refractivity contribution in [3.8, 4) is 0 Å². The second kappa shape index (κ2) is 9.67. The summed E-state index contributed by atoms with van der Waals surface area (Å²) in [7, 11) is -3.65. The fraction of sp³-hybridized carbons (Fsp3) is 0.350. The molecule has 3 aromatic rings. The first-order valence-corrected chi connectivity index (χ1v) is 12.4. The lowest BCUT2D eigenvalue weighted by atomic mass is 10.3. The number of thioether (sulfide) groups is 1. The molecule has 0 aliphatic rings. The van der Waals surface area contributed by atoms with Gasteiger partial charge in [-0.05, 0) is 48.7 Å². The zero-order valence-corrected chi connectivity index (χ0v) is 19.4. The minimum Gasteiger partial charge on any atom is -0.382 e. The minimum atomic E-state index is -3.65. The highest BCUT2D eigenvalue weighted by atomic mass is 32.2. The highest BCUT2D eigenvalue weighted by Crippen LogP contribution is 2.25. The lowest BCUT2D eigenvalue weighted by Gasteiger charge is -2.18. The molecule has 9 nitrogen and oxygen atoms in total. The molecule has 0 saturated carbocycles. The second-order valence-electron chi connectivity index (χ2n) is 6.64. The summed E-state index contributed by atoms with van der Waals surface area (Å²) in [5.74, 6) is -0.364. The number of nitrogens with zero attached hydrogens (tertiary/aromatic N) is 4. The highest BCUT2D eigenvalue weighted by Gasteiger charge is 2.24. The van der Waals surface area contributed by atoms with Gasteiger partial charge in [0.25, 0.3) is 5.91 Å². The van der Waals surface area contributed by atoms with Gasteiger partial charge in [-0.2, -0.15) is 4.31 Å². The van der Waals surface area contributed by atoms with Crippen LogP contribution in [0.25, 0.3) is 11.0 Å². The van der Waals surface area contributed by atoms with Gasteiger partial charge in [0.15, 0.2) is 0 Å². The molecule has 1 heterocycles. The predicted molar refractivity (Wildman–Crippen MR) is 121 cm³/mol. The van der Waals surface area contributed by atoms with Crippen LogP contribution < -0.4 is 10.2 Å². The Kier molecular flexibility index (Phi) is 7.19. The molecule has 166 valence electrons. The third-order valence-corrected chi connectivity index (χ3v) is 7.56. The summed E-state index contributed by atoms with van der Waals surface area (Å²) in [6.45, 7) is 5.87.